The number of amides is 1. The van der Waals surface area contributed by atoms with Gasteiger partial charge in [0.25, 0.3) is 5.91 Å². The van der Waals surface area contributed by atoms with Crippen LogP contribution >= 0.6 is 0 Å². The van der Waals surface area contributed by atoms with Crippen LogP contribution in [0.4, 0.5) is 5.69 Å². The van der Waals surface area contributed by atoms with Crippen LogP contribution in [0.1, 0.15) is 21.6 Å². The molecule has 0 unspecified atom stereocenters. The zero-order valence-corrected chi connectivity index (χ0v) is 15.6. The van der Waals surface area contributed by atoms with Gasteiger partial charge in [0.05, 0.1) is 5.69 Å². The molecule has 2 aromatic heterocycles. The topological polar surface area (TPSA) is 75.1 Å². The van der Waals surface area contributed by atoms with Crippen LogP contribution in [0.3, 0.4) is 0 Å². The molecule has 2 aromatic carbocycles. The summed E-state index contributed by atoms with van der Waals surface area (Å²) in [6.45, 7) is 0. The number of nitrogens with zero attached hydrogens (tertiary/aromatic N) is 2. The van der Waals surface area contributed by atoms with Gasteiger partial charge in [-0.1, -0.05) is 36.4 Å². The summed E-state index contributed by atoms with van der Waals surface area (Å²) < 4.78 is 0. The average molecular weight is 381 g/mol. The summed E-state index contributed by atoms with van der Waals surface area (Å²) in [4.78, 5) is 20.8. The normalized spacial score (nSPS) is 10.5. The molecule has 142 valence electrons. The number of nitrogens with one attached hydrogen (secondary N) is 1. The molecule has 0 bridgehead atoms. The van der Waals surface area contributed by atoms with Crippen LogP contribution in [0.25, 0.3) is 11.1 Å². The molecular formula is C24H19N3O2. The van der Waals surface area contributed by atoms with E-state index in [1.807, 2.05) is 54.6 Å². The minimum absolute atomic E-state index is 0.128. The van der Waals surface area contributed by atoms with Crippen LogP contribution < -0.4 is 5.32 Å². The van der Waals surface area contributed by atoms with Crippen molar-refractivity contribution >= 4 is 11.6 Å². The standard InChI is InChI=1S/C24H19N3O2/c28-23-21(11-13-26-22(23)14-17-6-5-12-25-16-17)19-9-4-10-20(15-19)27-24(29)18-7-2-1-3-8-18/h1-13,15-16,28H,14H2,(H,27,29). The number of hydrogen-bond acceptors (Lipinski definition) is 4. The first-order chi connectivity index (χ1) is 14.2. The van der Waals surface area contributed by atoms with Crippen molar-refractivity contribution in [1.82, 2.24) is 9.97 Å². The molecule has 4 rings (SSSR count). The first-order valence-corrected chi connectivity index (χ1v) is 9.23. The molecular weight excluding hydrogens is 362 g/mol. The van der Waals surface area contributed by atoms with E-state index in [-0.39, 0.29) is 11.7 Å². The van der Waals surface area contributed by atoms with Gasteiger partial charge in [0, 0.05) is 41.8 Å². The smallest absolute Gasteiger partial charge is 0.255 e. The maximum absolute atomic E-state index is 12.4. The number of carbonyl (C=O) groups is 1. The summed E-state index contributed by atoms with van der Waals surface area (Å²) in [5.41, 5.74) is 4.24. The highest BCUT2D eigenvalue weighted by molar-refractivity contribution is 6.04. The number of aromatic hydroxyl groups is 1. The lowest BCUT2D eigenvalue weighted by molar-refractivity contribution is 0.102. The highest BCUT2D eigenvalue weighted by Crippen LogP contribution is 2.33. The van der Waals surface area contributed by atoms with Gasteiger partial charge in [-0.2, -0.15) is 0 Å². The Morgan fingerprint density at radius 2 is 1.79 bits per heavy atom. The van der Waals surface area contributed by atoms with Gasteiger partial charge in [0.15, 0.2) is 0 Å². The van der Waals surface area contributed by atoms with E-state index < -0.39 is 0 Å². The monoisotopic (exact) mass is 381 g/mol. The zero-order valence-electron chi connectivity index (χ0n) is 15.6. The van der Waals surface area contributed by atoms with Crippen LogP contribution in [-0.4, -0.2) is 21.0 Å². The summed E-state index contributed by atoms with van der Waals surface area (Å²) in [7, 11) is 0. The second kappa shape index (κ2) is 8.35. The molecule has 0 atom stereocenters. The van der Waals surface area contributed by atoms with E-state index in [1.165, 1.54) is 0 Å². The second-order valence-corrected chi connectivity index (χ2v) is 6.59. The molecule has 29 heavy (non-hydrogen) atoms. The highest BCUT2D eigenvalue weighted by atomic mass is 16.3. The fourth-order valence-corrected chi connectivity index (χ4v) is 3.11. The number of pyridine rings is 2. The number of anilines is 1. The Labute approximate surface area is 168 Å². The van der Waals surface area contributed by atoms with E-state index in [2.05, 4.69) is 15.3 Å². The number of carbonyl (C=O) groups excluding carboxylic acids is 1. The fourth-order valence-electron chi connectivity index (χ4n) is 3.11. The number of hydrogen-bond donors (Lipinski definition) is 2. The van der Waals surface area contributed by atoms with E-state index in [9.17, 15) is 9.90 Å². The Morgan fingerprint density at radius 3 is 2.59 bits per heavy atom. The van der Waals surface area contributed by atoms with Crippen LogP contribution in [0.15, 0.2) is 91.4 Å². The third-order valence-corrected chi connectivity index (χ3v) is 4.56. The molecule has 4 aromatic rings. The molecule has 0 aliphatic carbocycles. The summed E-state index contributed by atoms with van der Waals surface area (Å²) in [5, 5.41) is 13.7. The fraction of sp³-hybridized carbons (Fsp3) is 0.0417. The lowest BCUT2D eigenvalue weighted by atomic mass is 10.0. The Kier molecular flexibility index (Phi) is 5.29. The first kappa shape index (κ1) is 18.4. The van der Waals surface area contributed by atoms with Crippen molar-refractivity contribution in [2.75, 3.05) is 5.32 Å². The Morgan fingerprint density at radius 1 is 0.931 bits per heavy atom. The molecule has 5 heteroatoms. The minimum Gasteiger partial charge on any atom is -0.505 e. The molecule has 0 fully saturated rings. The van der Waals surface area contributed by atoms with Gasteiger partial charge >= 0.3 is 0 Å². The maximum Gasteiger partial charge on any atom is 0.255 e. The van der Waals surface area contributed by atoms with Gasteiger partial charge in [-0.15, -0.1) is 0 Å². The van der Waals surface area contributed by atoms with Crippen molar-refractivity contribution in [2.24, 2.45) is 0 Å². The second-order valence-electron chi connectivity index (χ2n) is 6.59. The highest BCUT2D eigenvalue weighted by Gasteiger charge is 2.12. The third kappa shape index (κ3) is 4.30. The molecule has 2 N–H and O–H groups in total. The molecule has 1 amide bonds. The quantitative estimate of drug-likeness (QED) is 0.526. The van der Waals surface area contributed by atoms with Gasteiger partial charge in [-0.05, 0) is 47.5 Å². The predicted octanol–water partition coefficient (Wildman–Crippen LogP) is 4.69. The molecule has 0 radical (unpaired) electrons. The Balaban J connectivity index is 1.60. The molecule has 0 saturated carbocycles. The zero-order chi connectivity index (χ0) is 20.1. The summed E-state index contributed by atoms with van der Waals surface area (Å²) in [5.74, 6) is -0.0538. The third-order valence-electron chi connectivity index (χ3n) is 4.56. The van der Waals surface area contributed by atoms with Gasteiger partial charge in [0.2, 0.25) is 0 Å². The minimum atomic E-state index is -0.182. The van der Waals surface area contributed by atoms with Crippen LogP contribution in [0, 0.1) is 0 Å². The number of benzene rings is 2. The lowest BCUT2D eigenvalue weighted by Crippen LogP contribution is -2.11. The van der Waals surface area contributed by atoms with E-state index in [4.69, 9.17) is 0 Å². The molecule has 0 aliphatic rings. The van der Waals surface area contributed by atoms with Crippen LogP contribution in [-0.2, 0) is 6.42 Å². The Bertz CT molecular complexity index is 1130. The van der Waals surface area contributed by atoms with Gasteiger partial charge in [0.1, 0.15) is 5.75 Å². The number of aromatic nitrogens is 2. The molecule has 2 heterocycles. The molecule has 5 nitrogen and oxygen atoms in total. The van der Waals surface area contributed by atoms with Crippen LogP contribution in [0.5, 0.6) is 5.75 Å². The van der Waals surface area contributed by atoms with Gasteiger partial charge in [-0.25, -0.2) is 0 Å². The van der Waals surface area contributed by atoms with Gasteiger partial charge < -0.3 is 10.4 Å². The lowest BCUT2D eigenvalue weighted by Gasteiger charge is -2.11. The molecule has 0 spiro atoms. The average Bonchev–Trinajstić information content (AvgIpc) is 2.77. The van der Waals surface area contributed by atoms with Crippen molar-refractivity contribution in [3.05, 3.63) is 108 Å². The summed E-state index contributed by atoms with van der Waals surface area (Å²) in [6.07, 6.45) is 5.63. The largest absolute Gasteiger partial charge is 0.505 e. The van der Waals surface area contributed by atoms with Crippen molar-refractivity contribution in [3.63, 3.8) is 0 Å². The Hall–Kier alpha value is -3.99. The van der Waals surface area contributed by atoms with Gasteiger partial charge in [-0.3, -0.25) is 14.8 Å². The van der Waals surface area contributed by atoms with Crippen molar-refractivity contribution in [3.8, 4) is 16.9 Å². The summed E-state index contributed by atoms with van der Waals surface area (Å²) >= 11 is 0. The van der Waals surface area contributed by atoms with Crippen LogP contribution in [0.2, 0.25) is 0 Å². The van der Waals surface area contributed by atoms with E-state index in [0.29, 0.717) is 28.9 Å². The molecule has 0 saturated heterocycles. The van der Waals surface area contributed by atoms with Crippen molar-refractivity contribution in [2.45, 2.75) is 6.42 Å². The van der Waals surface area contributed by atoms with Crippen molar-refractivity contribution < 1.29 is 9.90 Å². The SMILES string of the molecule is O=C(Nc1cccc(-c2ccnc(Cc3cccnc3)c2O)c1)c1ccccc1. The van der Waals surface area contributed by atoms with Crippen molar-refractivity contribution in [1.29, 1.82) is 0 Å². The van der Waals surface area contributed by atoms with E-state index in [0.717, 1.165) is 11.1 Å². The predicted molar refractivity (Wildman–Crippen MR) is 113 cm³/mol. The first-order valence-electron chi connectivity index (χ1n) is 9.23. The molecule has 0 aliphatic heterocycles. The maximum atomic E-state index is 12.4. The number of rotatable bonds is 5. The van der Waals surface area contributed by atoms with E-state index >= 15 is 0 Å². The van der Waals surface area contributed by atoms with E-state index in [1.54, 1.807) is 36.8 Å². The summed E-state index contributed by atoms with van der Waals surface area (Å²) in [6, 6.07) is 22.0.